The van der Waals surface area contributed by atoms with Gasteiger partial charge in [-0.1, -0.05) is 35.9 Å². The van der Waals surface area contributed by atoms with Crippen LogP contribution in [0, 0.1) is 5.92 Å². The summed E-state index contributed by atoms with van der Waals surface area (Å²) in [6, 6.07) is 15.2. The quantitative estimate of drug-likeness (QED) is 0.546. The van der Waals surface area contributed by atoms with E-state index >= 15 is 0 Å². The Hall–Kier alpha value is -2.59. The Bertz CT molecular complexity index is 990. The van der Waals surface area contributed by atoms with E-state index in [2.05, 4.69) is 17.2 Å². The summed E-state index contributed by atoms with van der Waals surface area (Å²) in [5.74, 6) is 1.57. The van der Waals surface area contributed by atoms with Crippen molar-refractivity contribution in [2.24, 2.45) is 5.92 Å². The minimum Gasteiger partial charge on any atom is -0.327 e. The lowest BCUT2D eigenvalue weighted by Crippen LogP contribution is -2.32. The molecule has 1 fully saturated rings. The van der Waals surface area contributed by atoms with Crippen LogP contribution >= 0.6 is 11.6 Å². The van der Waals surface area contributed by atoms with E-state index in [1.807, 2.05) is 18.2 Å². The molecule has 4 rings (SSSR count). The molecule has 3 aromatic rings. The highest BCUT2D eigenvalue weighted by Crippen LogP contribution is 2.32. The number of benzene rings is 2. The third kappa shape index (κ3) is 3.91. The predicted octanol–water partition coefficient (Wildman–Crippen LogP) is 4.93. The average Bonchev–Trinajstić information content (AvgIpc) is 3.43. The molecule has 0 atom stereocenters. The highest BCUT2D eigenvalue weighted by Gasteiger charge is 2.25. The van der Waals surface area contributed by atoms with Crippen molar-refractivity contribution in [1.82, 2.24) is 14.5 Å². The van der Waals surface area contributed by atoms with E-state index in [0.29, 0.717) is 23.7 Å². The van der Waals surface area contributed by atoms with E-state index in [1.54, 1.807) is 35.2 Å². The number of carbonyl (C=O) groups is 1. The van der Waals surface area contributed by atoms with E-state index in [-0.39, 0.29) is 5.91 Å². The van der Waals surface area contributed by atoms with E-state index in [9.17, 15) is 4.79 Å². The lowest BCUT2D eigenvalue weighted by Gasteiger charge is -2.22. The van der Waals surface area contributed by atoms with Gasteiger partial charge in [0.05, 0.1) is 17.6 Å². The standard InChI is InChI=1S/C22H22ClN3O/c1-2-12-25(22(27)17-6-5-7-18(23)13-17)15-21-24-19-8-3-4-9-20(19)26(21)14-16-10-11-16/h2-9,13,16H,1,10-12,14-15H2. The van der Waals surface area contributed by atoms with Crippen LogP contribution < -0.4 is 0 Å². The van der Waals surface area contributed by atoms with Gasteiger partial charge in [0, 0.05) is 23.7 Å². The van der Waals surface area contributed by atoms with Gasteiger partial charge in [0.15, 0.2) is 0 Å². The number of halogens is 1. The fourth-order valence-corrected chi connectivity index (χ4v) is 3.55. The maximum absolute atomic E-state index is 13.0. The fourth-order valence-electron chi connectivity index (χ4n) is 3.36. The van der Waals surface area contributed by atoms with Crippen LogP contribution in [0.1, 0.15) is 29.0 Å². The maximum Gasteiger partial charge on any atom is 0.254 e. The molecule has 138 valence electrons. The Morgan fingerprint density at radius 2 is 2.07 bits per heavy atom. The van der Waals surface area contributed by atoms with Crippen molar-refractivity contribution in [3.63, 3.8) is 0 Å². The maximum atomic E-state index is 13.0. The first-order chi connectivity index (χ1) is 13.2. The molecular formula is C22H22ClN3O. The first kappa shape index (κ1) is 17.8. The number of fused-ring (bicyclic) bond motifs is 1. The Morgan fingerprint density at radius 3 is 2.81 bits per heavy atom. The van der Waals surface area contributed by atoms with E-state index in [1.165, 1.54) is 12.8 Å². The SMILES string of the molecule is C=CCN(Cc1nc2ccccc2n1CC1CC1)C(=O)c1cccc(Cl)c1. The Morgan fingerprint density at radius 1 is 1.26 bits per heavy atom. The third-order valence-corrected chi connectivity index (χ3v) is 5.15. The van der Waals surface area contributed by atoms with E-state index in [4.69, 9.17) is 16.6 Å². The molecular weight excluding hydrogens is 358 g/mol. The topological polar surface area (TPSA) is 38.1 Å². The number of hydrogen-bond acceptors (Lipinski definition) is 2. The first-order valence-corrected chi connectivity index (χ1v) is 9.63. The summed E-state index contributed by atoms with van der Waals surface area (Å²) in [4.78, 5) is 19.6. The van der Waals surface area contributed by atoms with Gasteiger partial charge in [0.1, 0.15) is 5.82 Å². The summed E-state index contributed by atoms with van der Waals surface area (Å²) in [5, 5.41) is 0.556. The molecule has 0 radical (unpaired) electrons. The van der Waals surface area contributed by atoms with Crippen LogP contribution in [0.4, 0.5) is 0 Å². The van der Waals surface area contributed by atoms with Crippen molar-refractivity contribution in [3.05, 3.63) is 77.6 Å². The van der Waals surface area contributed by atoms with Crippen LogP contribution in [0.5, 0.6) is 0 Å². The molecule has 1 saturated carbocycles. The average molecular weight is 380 g/mol. The van der Waals surface area contributed by atoms with Crippen molar-refractivity contribution < 1.29 is 4.79 Å². The van der Waals surface area contributed by atoms with Gasteiger partial charge in [-0.2, -0.15) is 0 Å². The van der Waals surface area contributed by atoms with Crippen LogP contribution in [0.15, 0.2) is 61.2 Å². The molecule has 0 unspecified atom stereocenters. The Kier molecular flexibility index (Phi) is 4.99. The molecule has 1 aromatic heterocycles. The molecule has 1 aliphatic carbocycles. The number of aromatic nitrogens is 2. The number of imidazole rings is 1. The van der Waals surface area contributed by atoms with Crippen molar-refractivity contribution in [2.75, 3.05) is 6.54 Å². The van der Waals surface area contributed by atoms with Crippen molar-refractivity contribution in [3.8, 4) is 0 Å². The predicted molar refractivity (Wildman–Crippen MR) is 109 cm³/mol. The van der Waals surface area contributed by atoms with Crippen LogP contribution in [-0.2, 0) is 13.1 Å². The lowest BCUT2D eigenvalue weighted by molar-refractivity contribution is 0.0757. The molecule has 1 heterocycles. The zero-order chi connectivity index (χ0) is 18.8. The van der Waals surface area contributed by atoms with Crippen LogP contribution in [0.3, 0.4) is 0 Å². The lowest BCUT2D eigenvalue weighted by atomic mass is 10.2. The van der Waals surface area contributed by atoms with Crippen molar-refractivity contribution in [2.45, 2.75) is 25.9 Å². The number of nitrogens with zero attached hydrogens (tertiary/aromatic N) is 3. The molecule has 0 saturated heterocycles. The van der Waals surface area contributed by atoms with Crippen LogP contribution in [0.25, 0.3) is 11.0 Å². The van der Waals surface area contributed by atoms with Gasteiger partial charge in [-0.3, -0.25) is 4.79 Å². The van der Waals surface area contributed by atoms with Crippen LogP contribution in [-0.4, -0.2) is 26.9 Å². The molecule has 2 aromatic carbocycles. The summed E-state index contributed by atoms with van der Waals surface area (Å²) in [7, 11) is 0. The fraction of sp³-hybridized carbons (Fsp3) is 0.273. The number of para-hydroxylation sites is 2. The van der Waals surface area contributed by atoms with Gasteiger partial charge >= 0.3 is 0 Å². The van der Waals surface area contributed by atoms with E-state index in [0.717, 1.165) is 29.3 Å². The molecule has 27 heavy (non-hydrogen) atoms. The molecule has 0 spiro atoms. The monoisotopic (exact) mass is 379 g/mol. The van der Waals surface area contributed by atoms with Gasteiger partial charge < -0.3 is 9.47 Å². The second-order valence-electron chi connectivity index (χ2n) is 7.06. The van der Waals surface area contributed by atoms with Gasteiger partial charge in [-0.25, -0.2) is 4.98 Å². The second kappa shape index (κ2) is 7.57. The summed E-state index contributed by atoms with van der Waals surface area (Å²) in [6.07, 6.45) is 4.28. The van der Waals surface area contributed by atoms with Crippen molar-refractivity contribution in [1.29, 1.82) is 0 Å². The number of hydrogen-bond donors (Lipinski definition) is 0. The molecule has 5 heteroatoms. The van der Waals surface area contributed by atoms with E-state index < -0.39 is 0 Å². The third-order valence-electron chi connectivity index (χ3n) is 4.91. The largest absolute Gasteiger partial charge is 0.327 e. The summed E-state index contributed by atoms with van der Waals surface area (Å²) >= 11 is 6.07. The summed E-state index contributed by atoms with van der Waals surface area (Å²) < 4.78 is 2.27. The van der Waals surface area contributed by atoms with Gasteiger partial charge in [-0.05, 0) is 49.1 Å². The Labute approximate surface area is 164 Å². The normalized spacial score (nSPS) is 13.7. The highest BCUT2D eigenvalue weighted by molar-refractivity contribution is 6.30. The number of amides is 1. The van der Waals surface area contributed by atoms with Gasteiger partial charge in [0.25, 0.3) is 5.91 Å². The Balaban J connectivity index is 1.67. The minimum absolute atomic E-state index is 0.0672. The van der Waals surface area contributed by atoms with Gasteiger partial charge in [0.2, 0.25) is 0 Å². The first-order valence-electron chi connectivity index (χ1n) is 9.25. The number of carbonyl (C=O) groups excluding carboxylic acids is 1. The number of rotatable bonds is 7. The second-order valence-corrected chi connectivity index (χ2v) is 7.49. The molecule has 1 aliphatic rings. The molecule has 0 bridgehead atoms. The minimum atomic E-state index is -0.0672. The van der Waals surface area contributed by atoms with Crippen molar-refractivity contribution >= 4 is 28.5 Å². The highest BCUT2D eigenvalue weighted by atomic mass is 35.5. The zero-order valence-corrected chi connectivity index (χ0v) is 15.9. The molecule has 0 N–H and O–H groups in total. The zero-order valence-electron chi connectivity index (χ0n) is 15.1. The molecule has 1 amide bonds. The summed E-state index contributed by atoms with van der Waals surface area (Å²) in [5.41, 5.74) is 2.68. The molecule has 4 nitrogen and oxygen atoms in total. The molecule has 0 aliphatic heterocycles. The summed E-state index contributed by atoms with van der Waals surface area (Å²) in [6.45, 7) is 5.67. The van der Waals surface area contributed by atoms with Gasteiger partial charge in [-0.15, -0.1) is 6.58 Å². The smallest absolute Gasteiger partial charge is 0.254 e. The van der Waals surface area contributed by atoms with Crippen LogP contribution in [0.2, 0.25) is 5.02 Å².